The van der Waals surface area contributed by atoms with E-state index in [1.54, 1.807) is 0 Å². The first-order chi connectivity index (χ1) is 6.26. The second-order valence-electron chi connectivity index (χ2n) is 4.35. The summed E-state index contributed by atoms with van der Waals surface area (Å²) in [5, 5.41) is 0. The van der Waals surface area contributed by atoms with E-state index in [-0.39, 0.29) is 0 Å². The average Bonchev–Trinajstić information content (AvgIpc) is 2.17. The first-order valence-corrected chi connectivity index (χ1v) is 5.42. The highest BCUT2D eigenvalue weighted by atomic mass is 14.6. The maximum Gasteiger partial charge on any atom is 0.00390 e. The summed E-state index contributed by atoms with van der Waals surface area (Å²) >= 11 is 0. The minimum Gasteiger partial charge on any atom is -0.330 e. The number of hydrogen-bond donors (Lipinski definition) is 3. The summed E-state index contributed by atoms with van der Waals surface area (Å²) in [6, 6.07) is 0.449. The molecule has 0 aromatic rings. The third-order valence-electron chi connectivity index (χ3n) is 3.22. The fourth-order valence-electron chi connectivity index (χ4n) is 2.18. The zero-order valence-electron chi connectivity index (χ0n) is 8.41. The first-order valence-electron chi connectivity index (χ1n) is 5.42. The Hall–Kier alpha value is -0.120. The van der Waals surface area contributed by atoms with E-state index >= 15 is 0 Å². The quantitative estimate of drug-likeness (QED) is 0.594. The van der Waals surface area contributed by atoms with Crippen LogP contribution in [-0.4, -0.2) is 19.1 Å². The molecule has 1 aliphatic rings. The second kappa shape index (κ2) is 5.58. The van der Waals surface area contributed by atoms with E-state index in [1.165, 1.54) is 32.1 Å². The van der Waals surface area contributed by atoms with Crippen molar-refractivity contribution >= 4 is 0 Å². The first kappa shape index (κ1) is 11.0. The molecule has 0 saturated heterocycles. The molecule has 0 heterocycles. The van der Waals surface area contributed by atoms with Crippen LogP contribution in [0, 0.1) is 11.8 Å². The lowest BCUT2D eigenvalue weighted by Crippen LogP contribution is -2.30. The molecule has 0 atom stereocenters. The minimum absolute atomic E-state index is 0.449. The van der Waals surface area contributed by atoms with Gasteiger partial charge < -0.3 is 17.2 Å². The van der Waals surface area contributed by atoms with Crippen LogP contribution in [0.25, 0.3) is 0 Å². The molecule has 13 heavy (non-hydrogen) atoms. The lowest BCUT2D eigenvalue weighted by atomic mass is 9.81. The molecule has 0 aromatic heterocycles. The molecule has 1 fully saturated rings. The molecule has 3 nitrogen and oxygen atoms in total. The monoisotopic (exact) mass is 185 g/mol. The highest BCUT2D eigenvalue weighted by Gasteiger charge is 2.20. The summed E-state index contributed by atoms with van der Waals surface area (Å²) in [7, 11) is 0. The third-order valence-corrected chi connectivity index (χ3v) is 3.22. The van der Waals surface area contributed by atoms with Crippen LogP contribution >= 0.6 is 0 Å². The zero-order chi connectivity index (χ0) is 9.68. The molecule has 78 valence electrons. The Labute approximate surface area is 81.0 Å². The van der Waals surface area contributed by atoms with E-state index in [4.69, 9.17) is 17.2 Å². The molecule has 3 heteroatoms. The van der Waals surface area contributed by atoms with Crippen LogP contribution in [0.15, 0.2) is 0 Å². The van der Waals surface area contributed by atoms with Crippen LogP contribution in [0.4, 0.5) is 0 Å². The Bertz CT molecular complexity index is 126. The molecule has 1 saturated carbocycles. The predicted molar refractivity (Wildman–Crippen MR) is 56.1 cm³/mol. The lowest BCUT2D eigenvalue weighted by molar-refractivity contribution is 0.274. The van der Waals surface area contributed by atoms with E-state index < -0.39 is 0 Å². The van der Waals surface area contributed by atoms with Crippen LogP contribution in [0.5, 0.6) is 0 Å². The lowest BCUT2D eigenvalue weighted by Gasteiger charge is -2.28. The molecule has 0 radical (unpaired) electrons. The summed E-state index contributed by atoms with van der Waals surface area (Å²) in [6.07, 6.45) is 6.13. The number of nitrogens with two attached hydrogens (primary N) is 3. The molecule has 0 spiro atoms. The molecule has 0 amide bonds. The second-order valence-corrected chi connectivity index (χ2v) is 4.35. The number of rotatable bonds is 4. The Balaban J connectivity index is 2.21. The van der Waals surface area contributed by atoms with E-state index in [0.29, 0.717) is 12.0 Å². The molecule has 0 bridgehead atoms. The Morgan fingerprint density at radius 2 is 1.54 bits per heavy atom. The smallest absolute Gasteiger partial charge is 0.00390 e. The van der Waals surface area contributed by atoms with E-state index in [0.717, 1.165) is 19.0 Å². The van der Waals surface area contributed by atoms with Crippen molar-refractivity contribution in [3.63, 3.8) is 0 Å². The van der Waals surface area contributed by atoms with Crippen molar-refractivity contribution in [1.29, 1.82) is 0 Å². The van der Waals surface area contributed by atoms with Gasteiger partial charge in [0.1, 0.15) is 0 Å². The largest absolute Gasteiger partial charge is 0.330 e. The normalized spacial score (nSPS) is 29.5. The van der Waals surface area contributed by atoms with Gasteiger partial charge in [-0.3, -0.25) is 0 Å². The van der Waals surface area contributed by atoms with Gasteiger partial charge in [-0.1, -0.05) is 0 Å². The van der Waals surface area contributed by atoms with Gasteiger partial charge >= 0.3 is 0 Å². The summed E-state index contributed by atoms with van der Waals surface area (Å²) < 4.78 is 0. The molecule has 1 aliphatic carbocycles. The molecular weight excluding hydrogens is 162 g/mol. The van der Waals surface area contributed by atoms with Crippen LogP contribution in [0.1, 0.15) is 32.1 Å². The topological polar surface area (TPSA) is 78.1 Å². The van der Waals surface area contributed by atoms with Gasteiger partial charge in [0, 0.05) is 6.04 Å². The van der Waals surface area contributed by atoms with E-state index in [9.17, 15) is 0 Å². The average molecular weight is 185 g/mol. The van der Waals surface area contributed by atoms with Crippen molar-refractivity contribution in [2.75, 3.05) is 13.1 Å². The maximum atomic E-state index is 5.84. The van der Waals surface area contributed by atoms with Gasteiger partial charge in [0.25, 0.3) is 0 Å². The van der Waals surface area contributed by atoms with Crippen molar-refractivity contribution in [1.82, 2.24) is 0 Å². The zero-order valence-corrected chi connectivity index (χ0v) is 8.41. The van der Waals surface area contributed by atoms with Gasteiger partial charge in [-0.2, -0.15) is 0 Å². The Morgan fingerprint density at radius 1 is 1.00 bits per heavy atom. The van der Waals surface area contributed by atoms with E-state index in [2.05, 4.69) is 0 Å². The minimum atomic E-state index is 0.449. The Kier molecular flexibility index (Phi) is 4.70. The predicted octanol–water partition coefficient (Wildman–Crippen LogP) is 0.428. The van der Waals surface area contributed by atoms with Crippen molar-refractivity contribution in [3.05, 3.63) is 0 Å². The van der Waals surface area contributed by atoms with Crippen LogP contribution in [-0.2, 0) is 0 Å². The molecule has 0 aromatic carbocycles. The van der Waals surface area contributed by atoms with Gasteiger partial charge in [-0.05, 0) is 57.0 Å². The summed E-state index contributed by atoms with van der Waals surface area (Å²) in [4.78, 5) is 0. The maximum absolute atomic E-state index is 5.84. The van der Waals surface area contributed by atoms with Crippen molar-refractivity contribution in [2.45, 2.75) is 38.1 Å². The molecular formula is C10H23N3. The molecule has 1 rings (SSSR count). The van der Waals surface area contributed by atoms with E-state index in [1.807, 2.05) is 0 Å². The molecule has 6 N–H and O–H groups in total. The van der Waals surface area contributed by atoms with Gasteiger partial charge in [-0.25, -0.2) is 0 Å². The van der Waals surface area contributed by atoms with Gasteiger partial charge in [0.15, 0.2) is 0 Å². The molecule has 0 aliphatic heterocycles. The van der Waals surface area contributed by atoms with Crippen molar-refractivity contribution in [3.8, 4) is 0 Å². The fourth-order valence-corrected chi connectivity index (χ4v) is 2.18. The molecule has 0 unspecified atom stereocenters. The van der Waals surface area contributed by atoms with Crippen molar-refractivity contribution in [2.24, 2.45) is 29.0 Å². The fraction of sp³-hybridized carbons (Fsp3) is 1.00. The number of hydrogen-bond acceptors (Lipinski definition) is 3. The highest BCUT2D eigenvalue weighted by Crippen LogP contribution is 2.28. The SMILES string of the molecule is NCC(CN)CC1CCC(N)CC1. The highest BCUT2D eigenvalue weighted by molar-refractivity contribution is 4.76. The summed E-state index contributed by atoms with van der Waals surface area (Å²) in [5.41, 5.74) is 17.1. The Morgan fingerprint density at radius 3 is 2.00 bits per heavy atom. The standard InChI is InChI=1S/C10H23N3/c11-6-9(7-12)5-8-1-3-10(13)4-2-8/h8-10H,1-7,11-13H2. The van der Waals surface area contributed by atoms with Crippen LogP contribution in [0.3, 0.4) is 0 Å². The van der Waals surface area contributed by atoms with Crippen LogP contribution < -0.4 is 17.2 Å². The third kappa shape index (κ3) is 3.63. The van der Waals surface area contributed by atoms with Crippen molar-refractivity contribution < 1.29 is 0 Å². The van der Waals surface area contributed by atoms with Gasteiger partial charge in [0.05, 0.1) is 0 Å². The van der Waals surface area contributed by atoms with Crippen LogP contribution in [0.2, 0.25) is 0 Å². The van der Waals surface area contributed by atoms with Gasteiger partial charge in [-0.15, -0.1) is 0 Å². The van der Waals surface area contributed by atoms with Gasteiger partial charge in [0.2, 0.25) is 0 Å². The summed E-state index contributed by atoms with van der Waals surface area (Å²) in [6.45, 7) is 1.47. The summed E-state index contributed by atoms with van der Waals surface area (Å²) in [5.74, 6) is 1.36.